The SMILES string of the molecule is O=C(CN1C(=O)S/C(=C/c2ccccc2[N+](=O)[O-])C1=O)Nc1ccc(F)c(F)c1F. The van der Waals surface area contributed by atoms with Crippen molar-refractivity contribution in [2.45, 2.75) is 0 Å². The molecule has 2 aromatic carbocycles. The number of amides is 3. The molecule has 0 aliphatic carbocycles. The average Bonchev–Trinajstić information content (AvgIpc) is 2.96. The third-order valence-electron chi connectivity index (χ3n) is 3.90. The lowest BCUT2D eigenvalue weighted by Gasteiger charge is -2.13. The molecule has 3 rings (SSSR count). The first-order valence-corrected chi connectivity index (χ1v) is 8.93. The maximum Gasteiger partial charge on any atom is 0.294 e. The molecule has 30 heavy (non-hydrogen) atoms. The van der Waals surface area contributed by atoms with E-state index in [-0.39, 0.29) is 16.2 Å². The molecule has 0 aromatic heterocycles. The molecule has 1 N–H and O–H groups in total. The number of imide groups is 1. The smallest absolute Gasteiger partial charge is 0.294 e. The van der Waals surface area contributed by atoms with E-state index in [0.29, 0.717) is 22.7 Å². The third kappa shape index (κ3) is 4.17. The summed E-state index contributed by atoms with van der Waals surface area (Å²) < 4.78 is 39.8. The molecule has 0 atom stereocenters. The largest absolute Gasteiger partial charge is 0.322 e. The second kappa shape index (κ2) is 8.37. The van der Waals surface area contributed by atoms with E-state index in [1.807, 2.05) is 5.32 Å². The molecule has 1 saturated heterocycles. The molecule has 0 spiro atoms. The van der Waals surface area contributed by atoms with Gasteiger partial charge in [-0.25, -0.2) is 13.2 Å². The number of nitrogens with zero attached hydrogens (tertiary/aromatic N) is 2. The van der Waals surface area contributed by atoms with E-state index in [1.165, 1.54) is 24.3 Å². The molecule has 12 heteroatoms. The fraction of sp³-hybridized carbons (Fsp3) is 0.0556. The topological polar surface area (TPSA) is 110 Å². The van der Waals surface area contributed by atoms with Crippen LogP contribution >= 0.6 is 11.8 Å². The Morgan fingerprint density at radius 1 is 1.13 bits per heavy atom. The van der Waals surface area contributed by atoms with Gasteiger partial charge in [0.25, 0.3) is 16.8 Å². The Hall–Kier alpha value is -3.67. The minimum absolute atomic E-state index is 0.0845. The molecular formula is C18H10F3N3O5S. The average molecular weight is 437 g/mol. The standard InChI is InChI=1S/C18H10F3N3O5S/c19-10-5-6-11(16(21)15(10)20)22-14(25)8-23-17(26)13(30-18(23)27)7-9-3-1-2-4-12(9)24(28)29/h1-7H,8H2,(H,22,25)/b13-7+. The minimum atomic E-state index is -1.79. The van der Waals surface area contributed by atoms with E-state index >= 15 is 0 Å². The van der Waals surface area contributed by atoms with E-state index in [1.54, 1.807) is 0 Å². The summed E-state index contributed by atoms with van der Waals surface area (Å²) >= 11 is 0.465. The van der Waals surface area contributed by atoms with Crippen molar-refractivity contribution in [3.8, 4) is 0 Å². The fourth-order valence-corrected chi connectivity index (χ4v) is 3.34. The van der Waals surface area contributed by atoms with Gasteiger partial charge >= 0.3 is 0 Å². The van der Waals surface area contributed by atoms with Crippen molar-refractivity contribution in [3.05, 3.63) is 74.4 Å². The quantitative estimate of drug-likeness (QED) is 0.331. The molecule has 0 saturated carbocycles. The number of nitro benzene ring substituents is 1. The summed E-state index contributed by atoms with van der Waals surface area (Å²) in [7, 11) is 0. The summed E-state index contributed by atoms with van der Waals surface area (Å²) in [5, 5.41) is 12.2. The van der Waals surface area contributed by atoms with Crippen LogP contribution in [0.1, 0.15) is 5.56 Å². The zero-order chi connectivity index (χ0) is 22.0. The summed E-state index contributed by atoms with van der Waals surface area (Å²) in [6.45, 7) is -0.822. The summed E-state index contributed by atoms with van der Waals surface area (Å²) in [5.74, 6) is -6.78. The lowest BCUT2D eigenvalue weighted by atomic mass is 10.1. The van der Waals surface area contributed by atoms with Gasteiger partial charge in [-0.2, -0.15) is 0 Å². The number of benzene rings is 2. The van der Waals surface area contributed by atoms with Gasteiger partial charge in [0.15, 0.2) is 17.5 Å². The van der Waals surface area contributed by atoms with Gasteiger partial charge in [-0.3, -0.25) is 29.4 Å². The van der Waals surface area contributed by atoms with E-state index in [2.05, 4.69) is 0 Å². The van der Waals surface area contributed by atoms with Crippen LogP contribution in [0.25, 0.3) is 6.08 Å². The molecule has 0 radical (unpaired) electrons. The van der Waals surface area contributed by atoms with Crippen molar-refractivity contribution in [1.29, 1.82) is 0 Å². The van der Waals surface area contributed by atoms with Crippen LogP contribution in [0.15, 0.2) is 41.3 Å². The van der Waals surface area contributed by atoms with Crippen LogP contribution in [-0.4, -0.2) is 33.4 Å². The van der Waals surface area contributed by atoms with Crippen molar-refractivity contribution in [2.75, 3.05) is 11.9 Å². The van der Waals surface area contributed by atoms with Crippen molar-refractivity contribution in [1.82, 2.24) is 4.90 Å². The van der Waals surface area contributed by atoms with Gasteiger partial charge in [-0.15, -0.1) is 0 Å². The van der Waals surface area contributed by atoms with E-state index in [0.717, 1.165) is 12.1 Å². The third-order valence-corrected chi connectivity index (χ3v) is 4.81. The molecule has 1 heterocycles. The van der Waals surface area contributed by atoms with Gasteiger partial charge in [0.1, 0.15) is 6.54 Å². The molecule has 1 aliphatic rings. The minimum Gasteiger partial charge on any atom is -0.322 e. The van der Waals surface area contributed by atoms with Gasteiger partial charge in [0.05, 0.1) is 21.1 Å². The monoisotopic (exact) mass is 437 g/mol. The maximum absolute atomic E-state index is 13.7. The number of rotatable bonds is 5. The predicted molar refractivity (Wildman–Crippen MR) is 101 cm³/mol. The van der Waals surface area contributed by atoms with Crippen LogP contribution < -0.4 is 5.32 Å². The lowest BCUT2D eigenvalue weighted by molar-refractivity contribution is -0.385. The van der Waals surface area contributed by atoms with Crippen LogP contribution in [-0.2, 0) is 9.59 Å². The van der Waals surface area contributed by atoms with Gasteiger partial charge in [0, 0.05) is 6.07 Å². The first-order valence-electron chi connectivity index (χ1n) is 8.11. The first kappa shape index (κ1) is 21.0. The van der Waals surface area contributed by atoms with Crippen LogP contribution in [0, 0.1) is 27.6 Å². The highest BCUT2D eigenvalue weighted by molar-refractivity contribution is 8.18. The second-order valence-corrected chi connectivity index (χ2v) is 6.85. The maximum atomic E-state index is 13.7. The van der Waals surface area contributed by atoms with Crippen molar-refractivity contribution in [3.63, 3.8) is 0 Å². The molecule has 0 unspecified atom stereocenters. The Kier molecular flexibility index (Phi) is 5.87. The van der Waals surface area contributed by atoms with Gasteiger partial charge in [0.2, 0.25) is 5.91 Å². The van der Waals surface area contributed by atoms with Crippen molar-refractivity contribution >= 4 is 46.3 Å². The molecule has 0 bridgehead atoms. The lowest BCUT2D eigenvalue weighted by Crippen LogP contribution is -2.36. The molecule has 1 aliphatic heterocycles. The summed E-state index contributed by atoms with van der Waals surface area (Å²) in [5.41, 5.74) is -0.863. The Labute approximate surface area is 170 Å². The number of carbonyl (C=O) groups excluding carboxylic acids is 3. The molecule has 8 nitrogen and oxygen atoms in total. The first-order chi connectivity index (χ1) is 14.2. The van der Waals surface area contributed by atoms with Crippen LogP contribution in [0.2, 0.25) is 0 Å². The van der Waals surface area contributed by atoms with Gasteiger partial charge < -0.3 is 5.32 Å². The van der Waals surface area contributed by atoms with Crippen molar-refractivity contribution in [2.24, 2.45) is 0 Å². The highest BCUT2D eigenvalue weighted by atomic mass is 32.2. The van der Waals surface area contributed by atoms with Gasteiger partial charge in [-0.05, 0) is 36.0 Å². The molecule has 154 valence electrons. The molecule has 1 fully saturated rings. The van der Waals surface area contributed by atoms with E-state index < -0.39 is 51.7 Å². The van der Waals surface area contributed by atoms with Crippen molar-refractivity contribution < 1.29 is 32.5 Å². The number of hydrogen-bond donors (Lipinski definition) is 1. The normalized spacial score (nSPS) is 15.0. The number of para-hydroxylation sites is 1. The number of nitro groups is 1. The van der Waals surface area contributed by atoms with E-state index in [4.69, 9.17) is 0 Å². The Balaban J connectivity index is 1.77. The zero-order valence-electron chi connectivity index (χ0n) is 14.7. The summed E-state index contributed by atoms with van der Waals surface area (Å²) in [6.07, 6.45) is 1.15. The van der Waals surface area contributed by atoms with Crippen LogP contribution in [0.5, 0.6) is 0 Å². The number of carbonyl (C=O) groups is 3. The number of hydrogen-bond acceptors (Lipinski definition) is 6. The van der Waals surface area contributed by atoms with Crippen LogP contribution in [0.3, 0.4) is 0 Å². The highest BCUT2D eigenvalue weighted by Gasteiger charge is 2.37. The second-order valence-electron chi connectivity index (χ2n) is 5.85. The number of halogens is 3. The summed E-state index contributed by atoms with van der Waals surface area (Å²) in [6, 6.07) is 6.93. The zero-order valence-corrected chi connectivity index (χ0v) is 15.5. The molecule has 2 aromatic rings. The fourth-order valence-electron chi connectivity index (χ4n) is 2.51. The predicted octanol–water partition coefficient (Wildman–Crippen LogP) is 3.69. The summed E-state index contributed by atoms with van der Waals surface area (Å²) in [4.78, 5) is 47.4. The van der Waals surface area contributed by atoms with Gasteiger partial charge in [-0.1, -0.05) is 12.1 Å². The Morgan fingerprint density at radius 3 is 2.53 bits per heavy atom. The van der Waals surface area contributed by atoms with E-state index in [9.17, 15) is 37.7 Å². The number of anilines is 1. The Morgan fingerprint density at radius 2 is 1.83 bits per heavy atom. The highest BCUT2D eigenvalue weighted by Crippen LogP contribution is 2.33. The molecule has 3 amide bonds. The number of thioether (sulfide) groups is 1. The number of nitrogens with one attached hydrogen (secondary N) is 1. The Bertz CT molecular complexity index is 1120. The van der Waals surface area contributed by atoms with Crippen LogP contribution in [0.4, 0.5) is 29.3 Å². The molecular weight excluding hydrogens is 427 g/mol.